The minimum atomic E-state index is -0.872. The average Bonchev–Trinajstić information content (AvgIpc) is 2.87. The summed E-state index contributed by atoms with van der Waals surface area (Å²) in [6.45, 7) is 0. The smallest absolute Gasteiger partial charge is 0.308 e. The number of aromatic nitrogens is 1. The van der Waals surface area contributed by atoms with E-state index in [2.05, 4.69) is 10.3 Å². The lowest BCUT2D eigenvalue weighted by atomic mass is 9.61. The van der Waals surface area contributed by atoms with Crippen molar-refractivity contribution in [3.8, 4) is 28.3 Å². The Morgan fingerprint density at radius 2 is 1.59 bits per heavy atom. The third-order valence-electron chi connectivity index (χ3n) is 7.29. The van der Waals surface area contributed by atoms with E-state index < -0.39 is 23.7 Å². The first kappa shape index (κ1) is 22.4. The minimum Gasteiger partial charge on any atom is -0.481 e. The Balaban J connectivity index is 1.54. The summed E-state index contributed by atoms with van der Waals surface area (Å²) >= 11 is 6.32. The zero-order valence-electron chi connectivity index (χ0n) is 18.3. The summed E-state index contributed by atoms with van der Waals surface area (Å²) in [6, 6.07) is 18.6. The van der Waals surface area contributed by atoms with E-state index in [4.69, 9.17) is 11.6 Å². The van der Waals surface area contributed by atoms with Crippen LogP contribution in [0.15, 0.2) is 54.6 Å². The molecular weight excluding hydrogens is 453 g/mol. The first-order valence-electron chi connectivity index (χ1n) is 11.4. The fourth-order valence-corrected chi connectivity index (χ4v) is 5.85. The SMILES string of the molecule is N#Cc1c(Cl)nc(NC2C3CCC(CC3)C2C(=O)O)c(F)c1-c1ccc(-c2ccccc2)cc1. The molecule has 0 saturated heterocycles. The van der Waals surface area contributed by atoms with Crippen LogP contribution in [0.2, 0.25) is 5.15 Å². The molecule has 0 amide bonds. The lowest BCUT2D eigenvalue weighted by Gasteiger charge is -2.47. The van der Waals surface area contributed by atoms with Crippen LogP contribution in [-0.4, -0.2) is 22.1 Å². The second kappa shape index (κ2) is 9.08. The third-order valence-corrected chi connectivity index (χ3v) is 7.57. The van der Waals surface area contributed by atoms with Gasteiger partial charge in [0, 0.05) is 11.6 Å². The number of hydrogen-bond acceptors (Lipinski definition) is 4. The van der Waals surface area contributed by atoms with Gasteiger partial charge in [0.25, 0.3) is 0 Å². The van der Waals surface area contributed by atoms with E-state index in [-0.39, 0.29) is 33.9 Å². The highest BCUT2D eigenvalue weighted by molar-refractivity contribution is 6.31. The number of halogens is 2. The molecule has 3 aliphatic rings. The molecule has 172 valence electrons. The van der Waals surface area contributed by atoms with Gasteiger partial charge in [-0.25, -0.2) is 9.37 Å². The molecule has 6 rings (SSSR count). The number of carbonyl (C=O) groups is 1. The number of nitriles is 1. The number of hydrogen-bond donors (Lipinski definition) is 2. The molecule has 0 aliphatic heterocycles. The van der Waals surface area contributed by atoms with Gasteiger partial charge in [-0.2, -0.15) is 5.26 Å². The van der Waals surface area contributed by atoms with Crippen molar-refractivity contribution in [1.29, 1.82) is 5.26 Å². The first-order chi connectivity index (χ1) is 16.5. The van der Waals surface area contributed by atoms with E-state index in [0.29, 0.717) is 5.56 Å². The second-order valence-electron chi connectivity index (χ2n) is 9.08. The molecule has 3 aliphatic carbocycles. The molecule has 3 fully saturated rings. The molecule has 0 spiro atoms. The molecule has 3 aromatic rings. The van der Waals surface area contributed by atoms with Crippen LogP contribution in [0, 0.1) is 34.9 Å². The van der Waals surface area contributed by atoms with Gasteiger partial charge in [0.2, 0.25) is 0 Å². The van der Waals surface area contributed by atoms with Crippen molar-refractivity contribution >= 4 is 23.4 Å². The number of fused-ring (bicyclic) bond motifs is 3. The molecule has 2 atom stereocenters. The van der Waals surface area contributed by atoms with E-state index >= 15 is 4.39 Å². The Kier molecular flexibility index (Phi) is 5.97. The normalized spacial score (nSPS) is 23.3. The minimum absolute atomic E-state index is 0.0443. The van der Waals surface area contributed by atoms with Crippen molar-refractivity contribution in [3.05, 3.63) is 71.1 Å². The summed E-state index contributed by atoms with van der Waals surface area (Å²) < 4.78 is 15.9. The second-order valence-corrected chi connectivity index (χ2v) is 9.44. The van der Waals surface area contributed by atoms with Crippen LogP contribution in [0.3, 0.4) is 0 Å². The molecule has 5 nitrogen and oxygen atoms in total. The van der Waals surface area contributed by atoms with Crippen LogP contribution < -0.4 is 5.32 Å². The van der Waals surface area contributed by atoms with Crippen LogP contribution in [0.1, 0.15) is 31.2 Å². The van der Waals surface area contributed by atoms with Crippen molar-refractivity contribution in [1.82, 2.24) is 4.98 Å². The summed E-state index contributed by atoms with van der Waals surface area (Å²) in [5, 5.41) is 22.5. The number of pyridine rings is 1. The summed E-state index contributed by atoms with van der Waals surface area (Å²) in [7, 11) is 0. The number of aliphatic carboxylic acids is 1. The maximum Gasteiger partial charge on any atom is 0.308 e. The molecular formula is C27H23ClFN3O2. The van der Waals surface area contributed by atoms with Gasteiger partial charge < -0.3 is 10.4 Å². The van der Waals surface area contributed by atoms with E-state index in [9.17, 15) is 15.2 Å². The van der Waals surface area contributed by atoms with Crippen LogP contribution in [-0.2, 0) is 4.79 Å². The van der Waals surface area contributed by atoms with Crippen LogP contribution in [0.25, 0.3) is 22.3 Å². The maximum absolute atomic E-state index is 15.9. The number of anilines is 1. The fraction of sp³-hybridized carbons (Fsp3) is 0.296. The molecule has 2 unspecified atom stereocenters. The number of nitrogens with zero attached hydrogens (tertiary/aromatic N) is 2. The molecule has 1 aromatic heterocycles. The Hall–Kier alpha value is -3.43. The summed E-state index contributed by atoms with van der Waals surface area (Å²) in [5.41, 5.74) is 2.51. The zero-order chi connectivity index (χ0) is 23.8. The lowest BCUT2D eigenvalue weighted by Crippen LogP contribution is -2.51. The van der Waals surface area contributed by atoms with Crippen molar-refractivity contribution in [3.63, 3.8) is 0 Å². The van der Waals surface area contributed by atoms with Crippen molar-refractivity contribution < 1.29 is 14.3 Å². The predicted octanol–water partition coefficient (Wildman–Crippen LogP) is 6.38. The monoisotopic (exact) mass is 475 g/mol. The molecule has 7 heteroatoms. The van der Waals surface area contributed by atoms with Gasteiger partial charge in [0.15, 0.2) is 11.6 Å². The summed E-state index contributed by atoms with van der Waals surface area (Å²) in [4.78, 5) is 16.1. The number of benzene rings is 2. The number of carboxylic acid groups (broad SMARTS) is 1. The molecule has 3 saturated carbocycles. The van der Waals surface area contributed by atoms with Gasteiger partial charge in [-0.05, 0) is 54.2 Å². The average molecular weight is 476 g/mol. The molecule has 34 heavy (non-hydrogen) atoms. The van der Waals surface area contributed by atoms with Crippen molar-refractivity contribution in [2.45, 2.75) is 31.7 Å². The molecule has 2 bridgehead atoms. The highest BCUT2D eigenvalue weighted by Gasteiger charge is 2.47. The Morgan fingerprint density at radius 3 is 2.21 bits per heavy atom. The predicted molar refractivity (Wildman–Crippen MR) is 129 cm³/mol. The molecule has 0 radical (unpaired) electrons. The van der Waals surface area contributed by atoms with Crippen molar-refractivity contribution in [2.24, 2.45) is 17.8 Å². The summed E-state index contributed by atoms with van der Waals surface area (Å²) in [6.07, 6.45) is 3.57. The first-order valence-corrected chi connectivity index (χ1v) is 11.8. The largest absolute Gasteiger partial charge is 0.481 e. The zero-order valence-corrected chi connectivity index (χ0v) is 19.1. The number of rotatable bonds is 5. The van der Waals surface area contributed by atoms with Crippen LogP contribution >= 0.6 is 11.6 Å². The lowest BCUT2D eigenvalue weighted by molar-refractivity contribution is -0.148. The van der Waals surface area contributed by atoms with Crippen LogP contribution in [0.4, 0.5) is 10.2 Å². The van der Waals surface area contributed by atoms with Gasteiger partial charge in [-0.15, -0.1) is 0 Å². The maximum atomic E-state index is 15.9. The third kappa shape index (κ3) is 3.91. The van der Waals surface area contributed by atoms with Crippen molar-refractivity contribution in [2.75, 3.05) is 5.32 Å². The Morgan fingerprint density at radius 1 is 1.00 bits per heavy atom. The Labute approximate surface area is 202 Å². The fourth-order valence-electron chi connectivity index (χ4n) is 5.63. The standard InChI is InChI=1S/C27H23ClFN3O2/c28-25-20(14-30)21(17-8-6-16(7-9-17)15-4-2-1-3-5-15)23(29)26(32-25)31-24-19-12-10-18(11-13-19)22(24)27(33)34/h1-9,18-19,22,24H,10-13H2,(H,31,32)(H,33,34). The van der Waals surface area contributed by atoms with Gasteiger partial charge in [-0.1, -0.05) is 66.2 Å². The Bertz CT molecular complexity index is 1270. The van der Waals surface area contributed by atoms with Gasteiger partial charge in [-0.3, -0.25) is 4.79 Å². The topological polar surface area (TPSA) is 86.0 Å². The van der Waals surface area contributed by atoms with Gasteiger partial charge in [0.1, 0.15) is 16.8 Å². The number of nitrogens with one attached hydrogen (secondary N) is 1. The highest BCUT2D eigenvalue weighted by Crippen LogP contribution is 2.47. The van der Waals surface area contributed by atoms with E-state index in [1.807, 2.05) is 48.5 Å². The quantitative estimate of drug-likeness (QED) is 0.418. The van der Waals surface area contributed by atoms with E-state index in [0.717, 1.165) is 36.8 Å². The summed E-state index contributed by atoms with van der Waals surface area (Å²) in [5.74, 6) is -2.06. The molecule has 2 N–H and O–H groups in total. The molecule has 2 aromatic carbocycles. The number of carboxylic acids is 1. The van der Waals surface area contributed by atoms with E-state index in [1.165, 1.54) is 0 Å². The molecule has 1 heterocycles. The van der Waals surface area contributed by atoms with Gasteiger partial charge >= 0.3 is 5.97 Å². The highest BCUT2D eigenvalue weighted by atomic mass is 35.5. The van der Waals surface area contributed by atoms with Gasteiger partial charge in [0.05, 0.1) is 5.92 Å². The van der Waals surface area contributed by atoms with Crippen LogP contribution in [0.5, 0.6) is 0 Å². The van der Waals surface area contributed by atoms with E-state index in [1.54, 1.807) is 12.1 Å².